The van der Waals surface area contributed by atoms with Gasteiger partial charge in [0, 0.05) is 19.5 Å². The molecule has 1 saturated heterocycles. The molecular weight excluding hydrogens is 172 g/mol. The van der Waals surface area contributed by atoms with Crippen LogP contribution in [0.1, 0.15) is 46.5 Å². The third-order valence-corrected chi connectivity index (χ3v) is 3.35. The van der Waals surface area contributed by atoms with E-state index >= 15 is 0 Å². The fourth-order valence-corrected chi connectivity index (χ4v) is 2.23. The second-order valence-electron chi connectivity index (χ2n) is 4.77. The molecule has 0 unspecified atom stereocenters. The first-order chi connectivity index (χ1) is 6.65. The van der Waals surface area contributed by atoms with Crippen LogP contribution in [0.25, 0.3) is 0 Å². The summed E-state index contributed by atoms with van der Waals surface area (Å²) in [6.45, 7) is 9.01. The van der Waals surface area contributed by atoms with Gasteiger partial charge in [0.25, 0.3) is 0 Å². The number of hydrogen-bond acceptors (Lipinski definition) is 1. The Hall–Kier alpha value is -0.530. The molecule has 1 heterocycles. The zero-order chi connectivity index (χ0) is 10.6. The second-order valence-corrected chi connectivity index (χ2v) is 4.77. The third kappa shape index (κ3) is 3.00. The summed E-state index contributed by atoms with van der Waals surface area (Å²) in [5.74, 6) is 2.56. The minimum Gasteiger partial charge on any atom is -0.361 e. The van der Waals surface area contributed by atoms with E-state index in [1.807, 2.05) is 0 Å². The molecule has 0 aromatic rings. The minimum absolute atomic E-state index is 0.817. The summed E-state index contributed by atoms with van der Waals surface area (Å²) >= 11 is 0. The molecule has 0 aromatic heterocycles. The van der Waals surface area contributed by atoms with Crippen molar-refractivity contribution in [1.29, 1.82) is 5.41 Å². The average molecular weight is 196 g/mol. The van der Waals surface area contributed by atoms with Crippen LogP contribution < -0.4 is 0 Å². The van der Waals surface area contributed by atoms with Gasteiger partial charge in [0.2, 0.25) is 0 Å². The van der Waals surface area contributed by atoms with Gasteiger partial charge in [-0.1, -0.05) is 20.8 Å². The zero-order valence-electron chi connectivity index (χ0n) is 9.84. The van der Waals surface area contributed by atoms with E-state index in [1.165, 1.54) is 12.8 Å². The van der Waals surface area contributed by atoms with E-state index in [0.717, 1.165) is 43.6 Å². The molecule has 82 valence electrons. The Morgan fingerprint density at radius 2 is 1.93 bits per heavy atom. The molecule has 1 aliphatic rings. The van der Waals surface area contributed by atoms with E-state index < -0.39 is 0 Å². The number of likely N-dealkylation sites (tertiary alicyclic amines) is 1. The lowest BCUT2D eigenvalue weighted by atomic mass is 9.86. The highest BCUT2D eigenvalue weighted by Gasteiger charge is 2.22. The van der Waals surface area contributed by atoms with Gasteiger partial charge in [-0.15, -0.1) is 0 Å². The SMILES string of the molecule is CCCC(=N)N1CCC(C(C)C)CC1. The van der Waals surface area contributed by atoms with Gasteiger partial charge >= 0.3 is 0 Å². The number of amidine groups is 1. The van der Waals surface area contributed by atoms with Gasteiger partial charge in [-0.3, -0.25) is 5.41 Å². The Morgan fingerprint density at radius 1 is 1.36 bits per heavy atom. The van der Waals surface area contributed by atoms with Gasteiger partial charge in [-0.05, 0) is 31.1 Å². The Balaban J connectivity index is 2.31. The minimum atomic E-state index is 0.817. The smallest absolute Gasteiger partial charge is 0.0957 e. The summed E-state index contributed by atoms with van der Waals surface area (Å²) < 4.78 is 0. The van der Waals surface area contributed by atoms with E-state index in [9.17, 15) is 0 Å². The van der Waals surface area contributed by atoms with E-state index in [4.69, 9.17) is 5.41 Å². The number of piperidine rings is 1. The summed E-state index contributed by atoms with van der Waals surface area (Å²) in [6, 6.07) is 0. The van der Waals surface area contributed by atoms with Crippen molar-refractivity contribution in [3.05, 3.63) is 0 Å². The lowest BCUT2D eigenvalue weighted by Crippen LogP contribution is -2.39. The van der Waals surface area contributed by atoms with Crippen molar-refractivity contribution in [3.63, 3.8) is 0 Å². The fourth-order valence-electron chi connectivity index (χ4n) is 2.23. The van der Waals surface area contributed by atoms with Gasteiger partial charge in [-0.25, -0.2) is 0 Å². The van der Waals surface area contributed by atoms with Crippen molar-refractivity contribution < 1.29 is 0 Å². The largest absolute Gasteiger partial charge is 0.361 e. The normalized spacial score (nSPS) is 19.0. The first-order valence-electron chi connectivity index (χ1n) is 5.97. The van der Waals surface area contributed by atoms with Crippen LogP contribution in [0.3, 0.4) is 0 Å². The fraction of sp³-hybridized carbons (Fsp3) is 0.917. The van der Waals surface area contributed by atoms with Crippen LogP contribution in [0.5, 0.6) is 0 Å². The molecule has 0 aromatic carbocycles. The number of rotatable bonds is 3. The number of nitrogens with zero attached hydrogens (tertiary/aromatic N) is 1. The molecule has 0 bridgehead atoms. The van der Waals surface area contributed by atoms with Crippen molar-refractivity contribution in [2.24, 2.45) is 11.8 Å². The summed E-state index contributed by atoms with van der Waals surface area (Å²) in [6.07, 6.45) is 4.61. The van der Waals surface area contributed by atoms with Gasteiger partial charge in [-0.2, -0.15) is 0 Å². The molecule has 0 aliphatic carbocycles. The molecule has 2 heteroatoms. The van der Waals surface area contributed by atoms with Gasteiger partial charge in [0.05, 0.1) is 5.84 Å². The zero-order valence-corrected chi connectivity index (χ0v) is 9.84. The molecule has 0 amide bonds. The summed E-state index contributed by atoms with van der Waals surface area (Å²) in [5, 5.41) is 7.88. The van der Waals surface area contributed by atoms with Gasteiger partial charge < -0.3 is 4.90 Å². The molecule has 0 atom stereocenters. The molecule has 1 fully saturated rings. The quantitative estimate of drug-likeness (QED) is 0.545. The summed E-state index contributed by atoms with van der Waals surface area (Å²) in [4.78, 5) is 2.27. The molecule has 1 N–H and O–H groups in total. The van der Waals surface area contributed by atoms with Gasteiger partial charge in [0.1, 0.15) is 0 Å². The van der Waals surface area contributed by atoms with Crippen molar-refractivity contribution in [2.45, 2.75) is 46.5 Å². The maximum absolute atomic E-state index is 7.88. The van der Waals surface area contributed by atoms with E-state index in [-0.39, 0.29) is 0 Å². The molecular formula is C12H24N2. The predicted octanol–water partition coefficient (Wildman–Crippen LogP) is 3.13. The van der Waals surface area contributed by atoms with E-state index in [2.05, 4.69) is 25.7 Å². The molecule has 1 rings (SSSR count). The van der Waals surface area contributed by atoms with Crippen LogP contribution in [0.15, 0.2) is 0 Å². The lowest BCUT2D eigenvalue weighted by molar-refractivity contribution is 0.216. The van der Waals surface area contributed by atoms with Crippen LogP contribution in [0.4, 0.5) is 0 Å². The second kappa shape index (κ2) is 5.38. The molecule has 2 nitrogen and oxygen atoms in total. The number of nitrogens with one attached hydrogen (secondary N) is 1. The lowest BCUT2D eigenvalue weighted by Gasteiger charge is -2.35. The summed E-state index contributed by atoms with van der Waals surface area (Å²) in [7, 11) is 0. The van der Waals surface area contributed by atoms with Crippen LogP contribution in [0, 0.1) is 17.2 Å². The highest BCUT2D eigenvalue weighted by molar-refractivity contribution is 5.79. The molecule has 1 aliphatic heterocycles. The first kappa shape index (κ1) is 11.5. The molecule has 0 saturated carbocycles. The average Bonchev–Trinajstić information content (AvgIpc) is 2.18. The van der Waals surface area contributed by atoms with Crippen LogP contribution in [0.2, 0.25) is 0 Å². The Labute approximate surface area is 88.2 Å². The van der Waals surface area contributed by atoms with Crippen molar-refractivity contribution in [3.8, 4) is 0 Å². The monoisotopic (exact) mass is 196 g/mol. The molecule has 0 spiro atoms. The standard InChI is InChI=1S/C12H24N2/c1-4-5-12(13)14-8-6-11(7-9-14)10(2)3/h10-11,13H,4-9H2,1-3H3. The summed E-state index contributed by atoms with van der Waals surface area (Å²) in [5.41, 5.74) is 0. The first-order valence-corrected chi connectivity index (χ1v) is 5.97. The van der Waals surface area contributed by atoms with Crippen molar-refractivity contribution >= 4 is 5.84 Å². The maximum atomic E-state index is 7.88. The van der Waals surface area contributed by atoms with Crippen LogP contribution in [-0.4, -0.2) is 23.8 Å². The Bertz CT molecular complexity index is 179. The Morgan fingerprint density at radius 3 is 2.36 bits per heavy atom. The van der Waals surface area contributed by atoms with E-state index in [0.29, 0.717) is 0 Å². The van der Waals surface area contributed by atoms with E-state index in [1.54, 1.807) is 0 Å². The van der Waals surface area contributed by atoms with Crippen LogP contribution in [-0.2, 0) is 0 Å². The Kier molecular flexibility index (Phi) is 4.43. The number of hydrogen-bond donors (Lipinski definition) is 1. The van der Waals surface area contributed by atoms with Crippen molar-refractivity contribution in [1.82, 2.24) is 4.90 Å². The molecule has 0 radical (unpaired) electrons. The predicted molar refractivity (Wildman–Crippen MR) is 61.8 cm³/mol. The van der Waals surface area contributed by atoms with Crippen LogP contribution >= 0.6 is 0 Å². The topological polar surface area (TPSA) is 27.1 Å². The third-order valence-electron chi connectivity index (χ3n) is 3.35. The van der Waals surface area contributed by atoms with Crippen molar-refractivity contribution in [2.75, 3.05) is 13.1 Å². The molecule has 14 heavy (non-hydrogen) atoms. The maximum Gasteiger partial charge on any atom is 0.0957 e. The highest BCUT2D eigenvalue weighted by atomic mass is 15.2. The highest BCUT2D eigenvalue weighted by Crippen LogP contribution is 2.24. The van der Waals surface area contributed by atoms with Gasteiger partial charge in [0.15, 0.2) is 0 Å².